The van der Waals surface area contributed by atoms with Crippen LogP contribution in [0.3, 0.4) is 0 Å². The van der Waals surface area contributed by atoms with Gasteiger partial charge in [0.05, 0.1) is 13.0 Å². The van der Waals surface area contributed by atoms with E-state index in [0.717, 1.165) is 19.3 Å². The highest BCUT2D eigenvalue weighted by Crippen LogP contribution is 2.26. The SMILES string of the molecule is CCNC(=NCCC(F)(F)F)NC1CCCC(SC)C1. The summed E-state index contributed by atoms with van der Waals surface area (Å²) >= 11 is 1.86. The van der Waals surface area contributed by atoms with Gasteiger partial charge in [-0.15, -0.1) is 0 Å². The molecule has 1 fully saturated rings. The highest BCUT2D eigenvalue weighted by Gasteiger charge is 2.26. The van der Waals surface area contributed by atoms with E-state index in [-0.39, 0.29) is 6.54 Å². The Morgan fingerprint density at radius 3 is 2.70 bits per heavy atom. The normalized spacial score (nSPS) is 24.6. The first-order valence-electron chi connectivity index (χ1n) is 7.09. The maximum Gasteiger partial charge on any atom is 0.390 e. The second-order valence-electron chi connectivity index (χ2n) is 4.99. The Balaban J connectivity index is 2.46. The van der Waals surface area contributed by atoms with E-state index in [1.165, 1.54) is 6.42 Å². The minimum atomic E-state index is -4.14. The van der Waals surface area contributed by atoms with Gasteiger partial charge in [-0.3, -0.25) is 4.99 Å². The van der Waals surface area contributed by atoms with Crippen LogP contribution in [0.15, 0.2) is 4.99 Å². The molecule has 1 aliphatic rings. The molecule has 20 heavy (non-hydrogen) atoms. The Morgan fingerprint density at radius 2 is 2.10 bits per heavy atom. The Kier molecular flexibility index (Phi) is 7.55. The fraction of sp³-hybridized carbons (Fsp3) is 0.923. The number of nitrogens with zero attached hydrogens (tertiary/aromatic N) is 1. The van der Waals surface area contributed by atoms with E-state index in [4.69, 9.17) is 0 Å². The summed E-state index contributed by atoms with van der Waals surface area (Å²) in [6, 6.07) is 0.310. The Morgan fingerprint density at radius 1 is 1.35 bits per heavy atom. The van der Waals surface area contributed by atoms with Crippen molar-refractivity contribution >= 4 is 17.7 Å². The third-order valence-corrected chi connectivity index (χ3v) is 4.40. The molecule has 1 rings (SSSR count). The quantitative estimate of drug-likeness (QED) is 0.605. The van der Waals surface area contributed by atoms with E-state index < -0.39 is 12.6 Å². The highest BCUT2D eigenvalue weighted by atomic mass is 32.2. The van der Waals surface area contributed by atoms with E-state index in [1.807, 2.05) is 18.7 Å². The zero-order valence-electron chi connectivity index (χ0n) is 12.1. The molecule has 0 amide bonds. The van der Waals surface area contributed by atoms with Gasteiger partial charge in [0.1, 0.15) is 0 Å². The molecule has 7 heteroatoms. The minimum absolute atomic E-state index is 0.225. The lowest BCUT2D eigenvalue weighted by Gasteiger charge is -2.29. The van der Waals surface area contributed by atoms with Crippen LogP contribution in [-0.4, -0.2) is 42.8 Å². The summed E-state index contributed by atoms with van der Waals surface area (Å²) in [6.45, 7) is 2.33. The van der Waals surface area contributed by atoms with Gasteiger partial charge in [-0.2, -0.15) is 24.9 Å². The third-order valence-electron chi connectivity index (χ3n) is 3.31. The number of halogens is 3. The zero-order valence-corrected chi connectivity index (χ0v) is 12.9. The number of alkyl halides is 3. The van der Waals surface area contributed by atoms with Crippen LogP contribution in [0.4, 0.5) is 13.2 Å². The van der Waals surface area contributed by atoms with E-state index in [1.54, 1.807) is 0 Å². The van der Waals surface area contributed by atoms with E-state index in [0.29, 0.717) is 23.8 Å². The van der Waals surface area contributed by atoms with Crippen LogP contribution in [0, 0.1) is 0 Å². The molecule has 118 valence electrons. The van der Waals surface area contributed by atoms with Gasteiger partial charge in [0.2, 0.25) is 0 Å². The number of guanidine groups is 1. The Bertz CT molecular complexity index is 308. The molecule has 1 saturated carbocycles. The molecule has 0 aromatic rings. The Hall–Kier alpha value is -0.590. The van der Waals surface area contributed by atoms with Crippen molar-refractivity contribution in [1.29, 1.82) is 0 Å². The maximum atomic E-state index is 12.1. The number of thioether (sulfide) groups is 1. The van der Waals surface area contributed by atoms with Gasteiger partial charge in [-0.05, 0) is 32.4 Å². The van der Waals surface area contributed by atoms with Crippen molar-refractivity contribution in [3.63, 3.8) is 0 Å². The number of nitrogens with one attached hydrogen (secondary N) is 2. The average Bonchev–Trinajstić information content (AvgIpc) is 2.37. The number of aliphatic imine (C=N–C) groups is 1. The summed E-state index contributed by atoms with van der Waals surface area (Å²) in [6.07, 6.45) is 1.57. The van der Waals surface area contributed by atoms with Crippen molar-refractivity contribution in [2.45, 2.75) is 56.5 Å². The van der Waals surface area contributed by atoms with Crippen LogP contribution in [-0.2, 0) is 0 Å². The molecule has 0 aromatic heterocycles. The number of hydrogen-bond acceptors (Lipinski definition) is 2. The number of rotatable bonds is 5. The van der Waals surface area contributed by atoms with Crippen LogP contribution in [0.1, 0.15) is 39.0 Å². The van der Waals surface area contributed by atoms with E-state index in [2.05, 4.69) is 21.9 Å². The van der Waals surface area contributed by atoms with Crippen LogP contribution in [0.25, 0.3) is 0 Å². The van der Waals surface area contributed by atoms with Gasteiger partial charge in [0.15, 0.2) is 5.96 Å². The smallest absolute Gasteiger partial charge is 0.357 e. The number of hydrogen-bond donors (Lipinski definition) is 2. The first-order chi connectivity index (χ1) is 9.44. The second kappa shape index (κ2) is 8.64. The van der Waals surface area contributed by atoms with Crippen LogP contribution < -0.4 is 10.6 Å². The van der Waals surface area contributed by atoms with Crippen molar-refractivity contribution in [3.05, 3.63) is 0 Å². The molecule has 3 nitrogen and oxygen atoms in total. The Labute approximate surface area is 123 Å². The fourth-order valence-corrected chi connectivity index (χ4v) is 3.13. The lowest BCUT2D eigenvalue weighted by Crippen LogP contribution is -2.45. The monoisotopic (exact) mass is 311 g/mol. The molecule has 0 bridgehead atoms. The minimum Gasteiger partial charge on any atom is -0.357 e. The molecule has 0 radical (unpaired) electrons. The van der Waals surface area contributed by atoms with E-state index in [9.17, 15) is 13.2 Å². The van der Waals surface area contributed by atoms with Crippen molar-refractivity contribution < 1.29 is 13.2 Å². The summed E-state index contributed by atoms with van der Waals surface area (Å²) in [7, 11) is 0. The molecule has 0 heterocycles. The van der Waals surface area contributed by atoms with E-state index >= 15 is 0 Å². The predicted octanol–water partition coefficient (Wildman–Crippen LogP) is 3.17. The van der Waals surface area contributed by atoms with Crippen LogP contribution in [0.2, 0.25) is 0 Å². The van der Waals surface area contributed by atoms with Gasteiger partial charge < -0.3 is 10.6 Å². The fourth-order valence-electron chi connectivity index (χ4n) is 2.30. The highest BCUT2D eigenvalue weighted by molar-refractivity contribution is 7.99. The van der Waals surface area contributed by atoms with Crippen LogP contribution >= 0.6 is 11.8 Å². The molecule has 0 saturated heterocycles. The van der Waals surface area contributed by atoms with Gasteiger partial charge in [-0.1, -0.05) is 6.42 Å². The summed E-state index contributed by atoms with van der Waals surface area (Å²) < 4.78 is 36.4. The molecule has 2 atom stereocenters. The van der Waals surface area contributed by atoms with Crippen molar-refractivity contribution in [2.75, 3.05) is 19.3 Å². The lowest BCUT2D eigenvalue weighted by molar-refractivity contribution is -0.132. The van der Waals surface area contributed by atoms with Crippen molar-refractivity contribution in [3.8, 4) is 0 Å². The van der Waals surface area contributed by atoms with Crippen LogP contribution in [0.5, 0.6) is 0 Å². The van der Waals surface area contributed by atoms with Crippen molar-refractivity contribution in [2.24, 2.45) is 4.99 Å². The molecular formula is C13H24F3N3S. The van der Waals surface area contributed by atoms with Gasteiger partial charge in [0, 0.05) is 17.8 Å². The summed E-state index contributed by atoms with van der Waals surface area (Å²) in [5, 5.41) is 6.92. The maximum absolute atomic E-state index is 12.1. The molecule has 2 unspecified atom stereocenters. The average molecular weight is 311 g/mol. The largest absolute Gasteiger partial charge is 0.390 e. The van der Waals surface area contributed by atoms with Crippen molar-refractivity contribution in [1.82, 2.24) is 10.6 Å². The molecule has 2 N–H and O–H groups in total. The first-order valence-corrected chi connectivity index (χ1v) is 8.37. The summed E-state index contributed by atoms with van der Waals surface area (Å²) in [5.41, 5.74) is 0. The van der Waals surface area contributed by atoms with Gasteiger partial charge >= 0.3 is 6.18 Å². The van der Waals surface area contributed by atoms with Gasteiger partial charge in [0.25, 0.3) is 0 Å². The summed E-state index contributed by atoms with van der Waals surface area (Å²) in [5.74, 6) is 0.503. The lowest BCUT2D eigenvalue weighted by atomic mass is 9.95. The first kappa shape index (κ1) is 17.5. The molecular weight excluding hydrogens is 287 g/mol. The molecule has 0 aliphatic heterocycles. The molecule has 0 spiro atoms. The zero-order chi connectivity index (χ0) is 15.0. The molecule has 0 aromatic carbocycles. The standard InChI is InChI=1S/C13H24F3N3S/c1-3-17-12(18-8-7-13(14,15)16)19-10-5-4-6-11(9-10)20-2/h10-11H,3-9H2,1-2H3,(H2,17,18,19). The summed E-state index contributed by atoms with van der Waals surface area (Å²) in [4.78, 5) is 4.01. The molecule has 1 aliphatic carbocycles. The second-order valence-corrected chi connectivity index (χ2v) is 6.13. The third kappa shape index (κ3) is 7.26. The predicted molar refractivity (Wildman–Crippen MR) is 79.3 cm³/mol. The van der Waals surface area contributed by atoms with Gasteiger partial charge in [-0.25, -0.2) is 0 Å². The topological polar surface area (TPSA) is 36.4 Å².